The van der Waals surface area contributed by atoms with Crippen molar-refractivity contribution in [3.8, 4) is 0 Å². The molecule has 0 spiro atoms. The maximum atomic E-state index is 11.8. The maximum Gasteiger partial charge on any atom is 0.226 e. The normalized spacial score (nSPS) is 12.2. The molecule has 7 heteroatoms. The number of nitrogens with zero attached hydrogens (tertiary/aromatic N) is 3. The van der Waals surface area contributed by atoms with E-state index in [4.69, 9.17) is 0 Å². The van der Waals surface area contributed by atoms with Crippen molar-refractivity contribution < 1.29 is 4.79 Å². The van der Waals surface area contributed by atoms with E-state index < -0.39 is 0 Å². The lowest BCUT2D eigenvalue weighted by Gasteiger charge is -2.07. The van der Waals surface area contributed by atoms with Crippen molar-refractivity contribution in [3.63, 3.8) is 0 Å². The molecule has 1 aliphatic rings. The van der Waals surface area contributed by atoms with Crippen LogP contribution in [0.5, 0.6) is 0 Å². The lowest BCUT2D eigenvalue weighted by Crippen LogP contribution is -2.14. The van der Waals surface area contributed by atoms with Gasteiger partial charge in [-0.1, -0.05) is 5.21 Å². The molecule has 1 aromatic heterocycles. The van der Waals surface area contributed by atoms with Gasteiger partial charge in [-0.15, -0.1) is 17.5 Å². The van der Waals surface area contributed by atoms with Gasteiger partial charge in [-0.25, -0.2) is 0 Å². The van der Waals surface area contributed by atoms with Crippen LogP contribution >= 0.6 is 12.4 Å². The molecule has 0 radical (unpaired) electrons. The number of carbonyl (C=O) groups excluding carboxylic acids is 1. The monoisotopic (exact) mass is 293 g/mol. The summed E-state index contributed by atoms with van der Waals surface area (Å²) in [5, 5.41) is 13.7. The van der Waals surface area contributed by atoms with Gasteiger partial charge in [-0.05, 0) is 30.2 Å². The van der Waals surface area contributed by atoms with Crippen molar-refractivity contribution >= 4 is 29.7 Å². The second-order valence-corrected chi connectivity index (χ2v) is 4.51. The van der Waals surface area contributed by atoms with Gasteiger partial charge in [-0.3, -0.25) is 9.48 Å². The zero-order valence-corrected chi connectivity index (χ0v) is 11.7. The number of rotatable bonds is 4. The fourth-order valence-corrected chi connectivity index (χ4v) is 2.17. The van der Waals surface area contributed by atoms with Crippen molar-refractivity contribution in [2.45, 2.75) is 19.4 Å². The summed E-state index contributed by atoms with van der Waals surface area (Å²) in [6.45, 7) is 1.51. The van der Waals surface area contributed by atoms with Crippen LogP contribution in [0.15, 0.2) is 30.6 Å². The SMILES string of the molecule is Cl.O=C(CCn1ccnn1)Nc1ccc2c(c1)CCN2. The Morgan fingerprint density at radius 1 is 1.45 bits per heavy atom. The third-order valence-corrected chi connectivity index (χ3v) is 3.14. The van der Waals surface area contributed by atoms with Gasteiger partial charge >= 0.3 is 0 Å². The Morgan fingerprint density at radius 2 is 2.35 bits per heavy atom. The molecule has 0 atom stereocenters. The summed E-state index contributed by atoms with van der Waals surface area (Å²) in [5.74, 6) is -0.0126. The van der Waals surface area contributed by atoms with Gasteiger partial charge in [0.1, 0.15) is 0 Å². The van der Waals surface area contributed by atoms with E-state index in [1.165, 1.54) is 11.3 Å². The number of aromatic nitrogens is 3. The highest BCUT2D eigenvalue weighted by atomic mass is 35.5. The predicted molar refractivity (Wildman–Crippen MR) is 79.2 cm³/mol. The van der Waals surface area contributed by atoms with Gasteiger partial charge in [0.25, 0.3) is 0 Å². The molecule has 6 nitrogen and oxygen atoms in total. The van der Waals surface area contributed by atoms with Crippen molar-refractivity contribution in [1.82, 2.24) is 15.0 Å². The molecule has 1 amide bonds. The Hall–Kier alpha value is -2.08. The zero-order valence-electron chi connectivity index (χ0n) is 10.9. The number of hydrogen-bond acceptors (Lipinski definition) is 4. The van der Waals surface area contributed by atoms with Crippen molar-refractivity contribution in [3.05, 3.63) is 36.2 Å². The number of amides is 1. The molecule has 0 fully saturated rings. The first-order valence-corrected chi connectivity index (χ1v) is 6.32. The summed E-state index contributed by atoms with van der Waals surface area (Å²) in [6.07, 6.45) is 4.75. The molecule has 2 N–H and O–H groups in total. The second-order valence-electron chi connectivity index (χ2n) is 4.51. The average Bonchev–Trinajstić information content (AvgIpc) is 3.07. The zero-order chi connectivity index (χ0) is 13.1. The smallest absolute Gasteiger partial charge is 0.226 e. The summed E-state index contributed by atoms with van der Waals surface area (Å²) < 4.78 is 1.65. The first kappa shape index (κ1) is 14.3. The fraction of sp³-hybridized carbons (Fsp3) is 0.308. The quantitative estimate of drug-likeness (QED) is 0.900. The number of anilines is 2. The average molecular weight is 294 g/mol. The van der Waals surface area contributed by atoms with Gasteiger partial charge < -0.3 is 10.6 Å². The molecule has 0 bridgehead atoms. The Balaban J connectivity index is 0.00000147. The van der Waals surface area contributed by atoms with E-state index >= 15 is 0 Å². The van der Waals surface area contributed by atoms with Crippen LogP contribution in [0, 0.1) is 0 Å². The minimum atomic E-state index is -0.0126. The van der Waals surface area contributed by atoms with Gasteiger partial charge in [0.05, 0.1) is 12.7 Å². The topological polar surface area (TPSA) is 71.8 Å². The van der Waals surface area contributed by atoms with E-state index in [1.54, 1.807) is 17.1 Å². The molecule has 0 saturated carbocycles. The second kappa shape index (κ2) is 6.38. The van der Waals surface area contributed by atoms with Crippen LogP contribution in [0.3, 0.4) is 0 Å². The van der Waals surface area contributed by atoms with E-state index in [1.807, 2.05) is 18.2 Å². The van der Waals surface area contributed by atoms with Crippen LogP contribution in [0.25, 0.3) is 0 Å². The van der Waals surface area contributed by atoms with Gasteiger partial charge in [-0.2, -0.15) is 0 Å². The molecule has 2 heterocycles. The van der Waals surface area contributed by atoms with Crippen molar-refractivity contribution in [1.29, 1.82) is 0 Å². The van der Waals surface area contributed by atoms with Crippen molar-refractivity contribution in [2.75, 3.05) is 17.2 Å². The third kappa shape index (κ3) is 3.27. The minimum absolute atomic E-state index is 0. The highest BCUT2D eigenvalue weighted by Gasteiger charge is 2.11. The molecule has 106 valence electrons. The molecule has 3 rings (SSSR count). The highest BCUT2D eigenvalue weighted by molar-refractivity contribution is 5.91. The van der Waals surface area contributed by atoms with Crippen LogP contribution in [0.2, 0.25) is 0 Å². The largest absolute Gasteiger partial charge is 0.384 e. The summed E-state index contributed by atoms with van der Waals surface area (Å²) in [5.41, 5.74) is 3.28. The Kier molecular flexibility index (Phi) is 4.57. The number of hydrogen-bond donors (Lipinski definition) is 2. The first-order chi connectivity index (χ1) is 9.31. The minimum Gasteiger partial charge on any atom is -0.384 e. The molecule has 1 aromatic carbocycles. The van der Waals surface area contributed by atoms with Crippen LogP contribution in [-0.2, 0) is 17.8 Å². The predicted octanol–water partition coefficient (Wildman–Crippen LogP) is 1.70. The summed E-state index contributed by atoms with van der Waals surface area (Å²) in [4.78, 5) is 11.8. The number of nitrogens with one attached hydrogen (secondary N) is 2. The molecule has 2 aromatic rings. The van der Waals surface area contributed by atoms with Gasteiger partial charge in [0.15, 0.2) is 0 Å². The van der Waals surface area contributed by atoms with E-state index in [2.05, 4.69) is 20.9 Å². The van der Waals surface area contributed by atoms with Crippen molar-refractivity contribution in [2.24, 2.45) is 0 Å². The number of carbonyl (C=O) groups is 1. The van der Waals surface area contributed by atoms with Crippen LogP contribution < -0.4 is 10.6 Å². The summed E-state index contributed by atoms with van der Waals surface area (Å²) >= 11 is 0. The first-order valence-electron chi connectivity index (χ1n) is 6.32. The highest BCUT2D eigenvalue weighted by Crippen LogP contribution is 2.25. The number of fused-ring (bicyclic) bond motifs is 1. The van der Waals surface area contributed by atoms with Crippen LogP contribution in [0.1, 0.15) is 12.0 Å². The number of benzene rings is 1. The molecule has 20 heavy (non-hydrogen) atoms. The number of aryl methyl sites for hydroxylation is 1. The molecular weight excluding hydrogens is 278 g/mol. The molecule has 0 unspecified atom stereocenters. The molecule has 0 saturated heterocycles. The van der Waals surface area contributed by atoms with Crippen LogP contribution in [-0.4, -0.2) is 27.4 Å². The van der Waals surface area contributed by atoms with E-state index in [0.717, 1.165) is 18.7 Å². The molecule has 0 aliphatic carbocycles. The Labute approximate surface area is 123 Å². The Morgan fingerprint density at radius 3 is 3.15 bits per heavy atom. The van der Waals surface area contributed by atoms with Gasteiger partial charge in [0, 0.05) is 30.5 Å². The summed E-state index contributed by atoms with van der Waals surface area (Å²) in [7, 11) is 0. The van der Waals surface area contributed by atoms with E-state index in [-0.39, 0.29) is 18.3 Å². The standard InChI is InChI=1S/C13H15N5O.ClH/c19-13(4-7-18-8-6-15-17-18)16-11-1-2-12-10(9-11)3-5-14-12;/h1-2,6,8-9,14H,3-5,7H2,(H,16,19);1H. The van der Waals surface area contributed by atoms with Crippen LogP contribution in [0.4, 0.5) is 11.4 Å². The lowest BCUT2D eigenvalue weighted by atomic mass is 10.1. The maximum absolute atomic E-state index is 11.8. The molecule has 1 aliphatic heterocycles. The fourth-order valence-electron chi connectivity index (χ4n) is 2.17. The third-order valence-electron chi connectivity index (χ3n) is 3.14. The van der Waals surface area contributed by atoms with E-state index in [0.29, 0.717) is 13.0 Å². The van der Waals surface area contributed by atoms with Gasteiger partial charge in [0.2, 0.25) is 5.91 Å². The number of halogens is 1. The lowest BCUT2D eigenvalue weighted by molar-refractivity contribution is -0.116. The molecular formula is C13H16ClN5O. The Bertz CT molecular complexity index is 584. The van der Waals surface area contributed by atoms with E-state index in [9.17, 15) is 4.79 Å². The summed E-state index contributed by atoms with van der Waals surface area (Å²) in [6, 6.07) is 5.96.